The lowest BCUT2D eigenvalue weighted by molar-refractivity contribution is -0.392. The van der Waals surface area contributed by atoms with Gasteiger partial charge in [0.05, 0.1) is 12.7 Å². The zero-order chi connectivity index (χ0) is 9.56. The van der Waals surface area contributed by atoms with Crippen LogP contribution in [0.5, 0.6) is 0 Å². The quantitative estimate of drug-likeness (QED) is 0.505. The van der Waals surface area contributed by atoms with Crippen LogP contribution in [-0.2, 0) is 6.54 Å². The molecule has 0 saturated heterocycles. The first kappa shape index (κ1) is 10.7. The number of hydrogen-bond donors (Lipinski definition) is 0. The molecular formula is C8H14N2O2. The number of nitrogens with zero attached hydrogens (tertiary/aromatic N) is 2. The molecule has 0 unspecified atom stereocenters. The van der Waals surface area contributed by atoms with Crippen LogP contribution >= 0.6 is 0 Å². The Morgan fingerprint density at radius 3 is 2.50 bits per heavy atom. The highest BCUT2D eigenvalue weighted by atomic mass is 16.6. The van der Waals surface area contributed by atoms with Crippen LogP contribution in [0.25, 0.3) is 0 Å². The summed E-state index contributed by atoms with van der Waals surface area (Å²) in [5.74, 6) is 0.155. The molecule has 0 aliphatic rings. The van der Waals surface area contributed by atoms with Gasteiger partial charge < -0.3 is 10.1 Å². The van der Waals surface area contributed by atoms with Gasteiger partial charge >= 0.3 is 5.82 Å². The average Bonchev–Trinajstić information content (AvgIpc) is 2.55. The Morgan fingerprint density at radius 2 is 2.17 bits per heavy atom. The molecule has 1 rings (SSSR count). The Balaban J connectivity index is 0.000000561. The number of hydrogen-bond acceptors (Lipinski definition) is 2. The SMILES string of the molecule is CC.CCn1cccc1[N+](=O)[O-]. The molecule has 0 N–H and O–H groups in total. The molecule has 0 saturated carbocycles. The van der Waals surface area contributed by atoms with Crippen molar-refractivity contribution in [1.29, 1.82) is 0 Å². The van der Waals surface area contributed by atoms with Crippen LogP contribution in [0.3, 0.4) is 0 Å². The number of rotatable bonds is 2. The third kappa shape index (κ3) is 2.38. The molecule has 12 heavy (non-hydrogen) atoms. The van der Waals surface area contributed by atoms with Gasteiger partial charge in [-0.15, -0.1) is 0 Å². The monoisotopic (exact) mass is 170 g/mol. The van der Waals surface area contributed by atoms with Gasteiger partial charge in [-0.25, -0.2) is 4.57 Å². The van der Waals surface area contributed by atoms with E-state index in [1.165, 1.54) is 6.07 Å². The van der Waals surface area contributed by atoms with Gasteiger partial charge in [0.1, 0.15) is 0 Å². The molecular weight excluding hydrogens is 156 g/mol. The largest absolute Gasteiger partial charge is 0.358 e. The van der Waals surface area contributed by atoms with E-state index in [9.17, 15) is 10.1 Å². The number of aryl methyl sites for hydroxylation is 1. The predicted octanol–water partition coefficient (Wildman–Crippen LogP) is 2.44. The van der Waals surface area contributed by atoms with Crippen molar-refractivity contribution in [3.8, 4) is 0 Å². The average molecular weight is 170 g/mol. The molecule has 0 atom stereocenters. The van der Waals surface area contributed by atoms with Crippen LogP contribution in [-0.4, -0.2) is 9.49 Å². The van der Waals surface area contributed by atoms with E-state index in [-0.39, 0.29) is 10.7 Å². The normalized spacial score (nSPS) is 8.58. The molecule has 0 aliphatic heterocycles. The van der Waals surface area contributed by atoms with Gasteiger partial charge in [-0.1, -0.05) is 13.8 Å². The van der Waals surface area contributed by atoms with Crippen LogP contribution in [0.1, 0.15) is 20.8 Å². The predicted molar refractivity (Wildman–Crippen MR) is 48.1 cm³/mol. The highest BCUT2D eigenvalue weighted by molar-refractivity contribution is 5.20. The molecule has 0 fully saturated rings. The van der Waals surface area contributed by atoms with E-state index in [0.717, 1.165) is 0 Å². The minimum Gasteiger partial charge on any atom is -0.358 e. The molecule has 4 heteroatoms. The smallest absolute Gasteiger partial charge is 0.322 e. The summed E-state index contributed by atoms with van der Waals surface area (Å²) in [5, 5.41) is 10.2. The van der Waals surface area contributed by atoms with Gasteiger partial charge in [0.2, 0.25) is 0 Å². The molecule has 0 aliphatic carbocycles. The Bertz CT molecular complexity index is 243. The highest BCUT2D eigenvalue weighted by Gasteiger charge is 2.07. The van der Waals surface area contributed by atoms with Crippen molar-refractivity contribution in [1.82, 2.24) is 4.57 Å². The van der Waals surface area contributed by atoms with Gasteiger partial charge in [0.25, 0.3) is 0 Å². The molecule has 4 nitrogen and oxygen atoms in total. The van der Waals surface area contributed by atoms with Crippen LogP contribution in [0.4, 0.5) is 5.82 Å². The van der Waals surface area contributed by atoms with Crippen molar-refractivity contribution in [2.24, 2.45) is 0 Å². The summed E-state index contributed by atoms with van der Waals surface area (Å²) in [5.41, 5.74) is 0. The first-order valence-corrected chi connectivity index (χ1v) is 4.05. The van der Waals surface area contributed by atoms with E-state index in [4.69, 9.17) is 0 Å². The van der Waals surface area contributed by atoms with Gasteiger partial charge in [-0.05, 0) is 17.9 Å². The second-order valence-electron chi connectivity index (χ2n) is 1.91. The first-order chi connectivity index (χ1) is 5.75. The molecule has 1 aromatic rings. The van der Waals surface area contributed by atoms with E-state index >= 15 is 0 Å². The fourth-order valence-electron chi connectivity index (χ4n) is 0.838. The molecule has 1 aromatic heterocycles. The van der Waals surface area contributed by atoms with Crippen LogP contribution in [0.2, 0.25) is 0 Å². The Kier molecular flexibility index (Phi) is 4.76. The number of nitro groups is 1. The summed E-state index contributed by atoms with van der Waals surface area (Å²) in [6, 6.07) is 3.16. The Labute approximate surface area is 72.0 Å². The second-order valence-corrected chi connectivity index (χ2v) is 1.91. The summed E-state index contributed by atoms with van der Waals surface area (Å²) in [7, 11) is 0. The van der Waals surface area contributed by atoms with Crippen molar-refractivity contribution >= 4 is 5.82 Å². The van der Waals surface area contributed by atoms with E-state index in [0.29, 0.717) is 6.54 Å². The van der Waals surface area contributed by atoms with Crippen LogP contribution in [0.15, 0.2) is 18.3 Å². The van der Waals surface area contributed by atoms with Gasteiger partial charge in [0, 0.05) is 6.07 Å². The van der Waals surface area contributed by atoms with Crippen molar-refractivity contribution in [2.45, 2.75) is 27.3 Å². The lowest BCUT2D eigenvalue weighted by Gasteiger charge is -1.95. The minimum atomic E-state index is -0.385. The summed E-state index contributed by atoms with van der Waals surface area (Å²) < 4.78 is 1.58. The van der Waals surface area contributed by atoms with Crippen molar-refractivity contribution in [3.05, 3.63) is 28.4 Å². The Hall–Kier alpha value is -1.32. The summed E-state index contributed by atoms with van der Waals surface area (Å²) in [6.45, 7) is 6.51. The van der Waals surface area contributed by atoms with Gasteiger partial charge in [-0.3, -0.25) is 0 Å². The maximum atomic E-state index is 10.2. The molecule has 1 heterocycles. The van der Waals surface area contributed by atoms with E-state index in [1.807, 2.05) is 20.8 Å². The van der Waals surface area contributed by atoms with Gasteiger partial charge in [0.15, 0.2) is 0 Å². The zero-order valence-electron chi connectivity index (χ0n) is 7.65. The van der Waals surface area contributed by atoms with Crippen molar-refractivity contribution in [2.75, 3.05) is 0 Å². The third-order valence-electron chi connectivity index (χ3n) is 1.33. The maximum Gasteiger partial charge on any atom is 0.322 e. The lowest BCUT2D eigenvalue weighted by Crippen LogP contribution is -1.98. The van der Waals surface area contributed by atoms with E-state index < -0.39 is 0 Å². The summed E-state index contributed by atoms with van der Waals surface area (Å²) in [4.78, 5) is 9.84. The number of aromatic nitrogens is 1. The zero-order valence-corrected chi connectivity index (χ0v) is 7.65. The third-order valence-corrected chi connectivity index (χ3v) is 1.33. The minimum absolute atomic E-state index is 0.155. The van der Waals surface area contributed by atoms with Gasteiger partial charge in [-0.2, -0.15) is 0 Å². The molecule has 0 bridgehead atoms. The molecule has 68 valence electrons. The molecule has 0 radical (unpaired) electrons. The first-order valence-electron chi connectivity index (χ1n) is 4.05. The van der Waals surface area contributed by atoms with Crippen LogP contribution < -0.4 is 0 Å². The second kappa shape index (κ2) is 5.35. The fraction of sp³-hybridized carbons (Fsp3) is 0.500. The Morgan fingerprint density at radius 1 is 1.58 bits per heavy atom. The summed E-state index contributed by atoms with van der Waals surface area (Å²) >= 11 is 0. The van der Waals surface area contributed by atoms with E-state index in [1.54, 1.807) is 16.8 Å². The molecule has 0 amide bonds. The van der Waals surface area contributed by atoms with E-state index in [2.05, 4.69) is 0 Å². The molecule has 0 aromatic carbocycles. The lowest BCUT2D eigenvalue weighted by atomic mass is 10.6. The highest BCUT2D eigenvalue weighted by Crippen LogP contribution is 2.10. The van der Waals surface area contributed by atoms with Crippen molar-refractivity contribution < 1.29 is 4.92 Å². The standard InChI is InChI=1S/C6H8N2O2.C2H6/c1-2-7-5-3-4-6(7)8(9)10;1-2/h3-5H,2H2,1H3;1-2H3. The topological polar surface area (TPSA) is 48.1 Å². The summed E-state index contributed by atoms with van der Waals surface area (Å²) in [6.07, 6.45) is 1.69. The van der Waals surface area contributed by atoms with Crippen molar-refractivity contribution in [3.63, 3.8) is 0 Å². The molecule has 0 spiro atoms. The van der Waals surface area contributed by atoms with Crippen LogP contribution in [0, 0.1) is 10.1 Å². The maximum absolute atomic E-state index is 10.2. The fourth-order valence-corrected chi connectivity index (χ4v) is 0.838.